The van der Waals surface area contributed by atoms with Crippen LogP contribution in [0.3, 0.4) is 0 Å². The Labute approximate surface area is 176 Å². The van der Waals surface area contributed by atoms with Crippen LogP contribution in [-0.2, 0) is 0 Å². The average Bonchev–Trinajstić information content (AvgIpc) is 3.47. The summed E-state index contributed by atoms with van der Waals surface area (Å²) in [7, 11) is 0. The number of anilines is 1. The second-order valence-corrected chi connectivity index (χ2v) is 9.11. The first-order chi connectivity index (χ1) is 14.2. The minimum absolute atomic E-state index is 0.270. The zero-order valence-electron chi connectivity index (χ0n) is 16.9. The van der Waals surface area contributed by atoms with Gasteiger partial charge in [-0.1, -0.05) is 30.3 Å². The first kappa shape index (κ1) is 19.0. The Morgan fingerprint density at radius 3 is 2.69 bits per heavy atom. The van der Waals surface area contributed by atoms with Crippen LogP contribution in [0.1, 0.15) is 31.5 Å². The van der Waals surface area contributed by atoms with Crippen LogP contribution in [0.4, 0.5) is 5.82 Å². The SMILES string of the molecule is Cc1nc(N2CCCC2CN2CCCC2CO)c2c(-c3ccccc3)csc2n1. The molecule has 2 unspecified atom stereocenters. The summed E-state index contributed by atoms with van der Waals surface area (Å²) >= 11 is 1.71. The Balaban J connectivity index is 1.54. The van der Waals surface area contributed by atoms with Gasteiger partial charge < -0.3 is 10.0 Å². The molecule has 0 spiro atoms. The van der Waals surface area contributed by atoms with E-state index in [0.29, 0.717) is 12.1 Å². The van der Waals surface area contributed by atoms with Crippen molar-refractivity contribution in [3.8, 4) is 11.1 Å². The number of likely N-dealkylation sites (tertiary alicyclic amines) is 1. The highest BCUT2D eigenvalue weighted by Gasteiger charge is 2.33. The quantitative estimate of drug-likeness (QED) is 0.689. The van der Waals surface area contributed by atoms with Crippen molar-refractivity contribution in [3.63, 3.8) is 0 Å². The van der Waals surface area contributed by atoms with Crippen molar-refractivity contribution in [1.82, 2.24) is 14.9 Å². The Bertz CT molecular complexity index is 989. The molecular formula is C23H28N4OS. The third kappa shape index (κ3) is 3.54. The van der Waals surface area contributed by atoms with Gasteiger partial charge in [0.1, 0.15) is 16.5 Å². The molecule has 2 aromatic heterocycles. The molecule has 2 saturated heterocycles. The lowest BCUT2D eigenvalue weighted by Gasteiger charge is -2.32. The van der Waals surface area contributed by atoms with Crippen LogP contribution in [-0.4, -0.2) is 58.3 Å². The van der Waals surface area contributed by atoms with Crippen molar-refractivity contribution in [2.24, 2.45) is 0 Å². The van der Waals surface area contributed by atoms with E-state index >= 15 is 0 Å². The summed E-state index contributed by atoms with van der Waals surface area (Å²) in [5.41, 5.74) is 2.46. The van der Waals surface area contributed by atoms with E-state index in [4.69, 9.17) is 9.97 Å². The molecule has 29 heavy (non-hydrogen) atoms. The second kappa shape index (κ2) is 8.01. The van der Waals surface area contributed by atoms with Gasteiger partial charge in [0.25, 0.3) is 0 Å². The molecule has 0 aliphatic carbocycles. The molecule has 5 nitrogen and oxygen atoms in total. The molecule has 0 bridgehead atoms. The minimum Gasteiger partial charge on any atom is -0.395 e. The number of hydrogen-bond donors (Lipinski definition) is 1. The first-order valence-electron chi connectivity index (χ1n) is 10.7. The molecular weight excluding hydrogens is 380 g/mol. The Kier molecular flexibility index (Phi) is 5.24. The van der Waals surface area contributed by atoms with Gasteiger partial charge in [0.05, 0.1) is 12.0 Å². The van der Waals surface area contributed by atoms with Gasteiger partial charge in [0.15, 0.2) is 0 Å². The second-order valence-electron chi connectivity index (χ2n) is 8.25. The average molecular weight is 409 g/mol. The summed E-state index contributed by atoms with van der Waals surface area (Å²) in [6.07, 6.45) is 4.68. The molecule has 1 N–H and O–H groups in total. The molecule has 0 amide bonds. The number of aryl methyl sites for hydroxylation is 1. The summed E-state index contributed by atoms with van der Waals surface area (Å²) in [6, 6.07) is 11.4. The molecule has 2 aliphatic rings. The Morgan fingerprint density at radius 1 is 1.07 bits per heavy atom. The highest BCUT2D eigenvalue weighted by Crippen LogP contribution is 2.40. The molecule has 3 aromatic rings. The molecule has 0 saturated carbocycles. The number of fused-ring (bicyclic) bond motifs is 1. The lowest BCUT2D eigenvalue weighted by Crippen LogP contribution is -2.43. The number of aromatic nitrogens is 2. The van der Waals surface area contributed by atoms with E-state index in [1.54, 1.807) is 11.3 Å². The van der Waals surface area contributed by atoms with E-state index < -0.39 is 0 Å². The number of benzene rings is 1. The monoisotopic (exact) mass is 408 g/mol. The molecule has 2 atom stereocenters. The number of aliphatic hydroxyl groups is 1. The molecule has 0 radical (unpaired) electrons. The van der Waals surface area contributed by atoms with Crippen LogP contribution in [0.15, 0.2) is 35.7 Å². The maximum Gasteiger partial charge on any atom is 0.142 e. The van der Waals surface area contributed by atoms with E-state index in [-0.39, 0.29) is 6.61 Å². The van der Waals surface area contributed by atoms with Gasteiger partial charge in [0, 0.05) is 36.1 Å². The van der Waals surface area contributed by atoms with E-state index in [0.717, 1.165) is 42.5 Å². The van der Waals surface area contributed by atoms with Crippen molar-refractivity contribution in [2.75, 3.05) is 31.1 Å². The van der Waals surface area contributed by atoms with Crippen LogP contribution < -0.4 is 4.90 Å². The van der Waals surface area contributed by atoms with Crippen molar-refractivity contribution in [2.45, 2.75) is 44.7 Å². The zero-order valence-corrected chi connectivity index (χ0v) is 17.7. The Morgan fingerprint density at radius 2 is 1.86 bits per heavy atom. The fourth-order valence-electron chi connectivity index (χ4n) is 4.98. The Hall–Kier alpha value is -2.02. The van der Waals surface area contributed by atoms with E-state index in [1.165, 1.54) is 35.8 Å². The van der Waals surface area contributed by atoms with Gasteiger partial charge >= 0.3 is 0 Å². The maximum atomic E-state index is 9.73. The van der Waals surface area contributed by atoms with Crippen LogP contribution >= 0.6 is 11.3 Å². The lowest BCUT2D eigenvalue weighted by molar-refractivity contribution is 0.153. The largest absolute Gasteiger partial charge is 0.395 e. The van der Waals surface area contributed by atoms with Gasteiger partial charge in [-0.15, -0.1) is 11.3 Å². The van der Waals surface area contributed by atoms with E-state index in [2.05, 4.69) is 45.5 Å². The summed E-state index contributed by atoms with van der Waals surface area (Å²) in [5, 5.41) is 13.2. The van der Waals surface area contributed by atoms with E-state index in [9.17, 15) is 5.11 Å². The number of thiophene rings is 1. The normalized spacial score (nSPS) is 22.8. The summed E-state index contributed by atoms with van der Waals surface area (Å²) in [6.45, 7) is 5.42. The summed E-state index contributed by atoms with van der Waals surface area (Å²) in [4.78, 5) is 15.8. The standard InChI is InChI=1S/C23H28N4OS/c1-16-24-22(21-20(15-29-23(21)25-16)17-7-3-2-4-8-17)27-12-6-9-18(27)13-26-11-5-10-19(26)14-28/h2-4,7-8,15,18-19,28H,5-6,9-14H2,1H3. The third-order valence-corrected chi connectivity index (χ3v) is 7.29. The highest BCUT2D eigenvalue weighted by molar-refractivity contribution is 7.17. The van der Waals surface area contributed by atoms with Crippen molar-refractivity contribution in [3.05, 3.63) is 41.5 Å². The van der Waals surface area contributed by atoms with Gasteiger partial charge in [-0.25, -0.2) is 9.97 Å². The van der Waals surface area contributed by atoms with Crippen molar-refractivity contribution < 1.29 is 5.11 Å². The number of nitrogens with zero attached hydrogens (tertiary/aromatic N) is 4. The number of aliphatic hydroxyl groups excluding tert-OH is 1. The molecule has 4 heterocycles. The summed E-state index contributed by atoms with van der Waals surface area (Å²) < 4.78 is 0. The molecule has 2 fully saturated rings. The molecule has 6 heteroatoms. The molecule has 5 rings (SSSR count). The number of rotatable bonds is 5. The van der Waals surface area contributed by atoms with Crippen molar-refractivity contribution in [1.29, 1.82) is 0 Å². The number of hydrogen-bond acceptors (Lipinski definition) is 6. The lowest BCUT2D eigenvalue weighted by atomic mass is 10.1. The predicted molar refractivity (Wildman–Crippen MR) is 120 cm³/mol. The predicted octanol–water partition coefficient (Wildman–Crippen LogP) is 4.09. The van der Waals surface area contributed by atoms with Gasteiger partial charge in [-0.05, 0) is 44.7 Å². The van der Waals surface area contributed by atoms with Gasteiger partial charge in [0.2, 0.25) is 0 Å². The topological polar surface area (TPSA) is 52.5 Å². The minimum atomic E-state index is 0.270. The first-order valence-corrected chi connectivity index (χ1v) is 11.6. The van der Waals surface area contributed by atoms with Crippen LogP contribution in [0, 0.1) is 6.92 Å². The molecule has 152 valence electrons. The zero-order chi connectivity index (χ0) is 19.8. The van der Waals surface area contributed by atoms with Gasteiger partial charge in [-0.3, -0.25) is 4.90 Å². The summed E-state index contributed by atoms with van der Waals surface area (Å²) in [5.74, 6) is 1.93. The third-order valence-electron chi connectivity index (χ3n) is 6.42. The van der Waals surface area contributed by atoms with Gasteiger partial charge in [-0.2, -0.15) is 0 Å². The fourth-order valence-corrected chi connectivity index (χ4v) is 5.97. The van der Waals surface area contributed by atoms with E-state index in [1.807, 2.05) is 6.92 Å². The highest BCUT2D eigenvalue weighted by atomic mass is 32.1. The van der Waals surface area contributed by atoms with Crippen LogP contribution in [0.5, 0.6) is 0 Å². The van der Waals surface area contributed by atoms with Crippen LogP contribution in [0.2, 0.25) is 0 Å². The molecule has 1 aromatic carbocycles. The fraction of sp³-hybridized carbons (Fsp3) is 0.478. The molecule has 2 aliphatic heterocycles. The van der Waals surface area contributed by atoms with Crippen molar-refractivity contribution >= 4 is 27.4 Å². The smallest absolute Gasteiger partial charge is 0.142 e. The maximum absolute atomic E-state index is 9.73. The van der Waals surface area contributed by atoms with Crippen LogP contribution in [0.25, 0.3) is 21.3 Å².